The number of methoxy groups -OCH3 is 2. The van der Waals surface area contributed by atoms with Crippen LogP contribution in [0, 0.1) is 13.8 Å². The van der Waals surface area contributed by atoms with Crippen molar-refractivity contribution in [2.24, 2.45) is 4.99 Å². The first-order valence-electron chi connectivity index (χ1n) is 16.1. The quantitative estimate of drug-likeness (QED) is 0.301. The average molecular weight is 643 g/mol. The van der Waals surface area contributed by atoms with E-state index in [1.807, 2.05) is 66.7 Å². The first kappa shape index (κ1) is 35.1. The second kappa shape index (κ2) is 14.4. The Bertz CT molecular complexity index is 1900. The van der Waals surface area contributed by atoms with Gasteiger partial charge < -0.3 is 24.8 Å². The third-order valence-electron chi connectivity index (χ3n) is 9.36. The molecule has 2 aliphatic rings. The maximum Gasteiger partial charge on any atom is 0.306 e. The van der Waals surface area contributed by atoms with Crippen LogP contribution in [0.5, 0.6) is 0 Å². The summed E-state index contributed by atoms with van der Waals surface area (Å²) >= 11 is 0. The topological polar surface area (TPSA) is 143 Å². The number of ether oxygens (including phenoxy) is 2. The van der Waals surface area contributed by atoms with Crippen LogP contribution in [-0.4, -0.2) is 53.7 Å². The number of nitrogens with one attached hydrogen (secondary N) is 3. The van der Waals surface area contributed by atoms with Crippen molar-refractivity contribution in [1.29, 1.82) is 0 Å². The molecule has 2 aromatic rings. The Labute approximate surface area is 275 Å². The Kier molecular flexibility index (Phi) is 10.7. The number of carbonyl (C=O) groups is 4. The van der Waals surface area contributed by atoms with Crippen molar-refractivity contribution < 1.29 is 28.7 Å². The zero-order valence-electron chi connectivity index (χ0n) is 29.1. The predicted octanol–water partition coefficient (Wildman–Crippen LogP) is 4.81. The number of aromatic amines is 2. The number of allylic oxidation sites excluding steroid dienone is 2. The van der Waals surface area contributed by atoms with E-state index in [9.17, 15) is 19.2 Å². The lowest BCUT2D eigenvalue weighted by molar-refractivity contribution is -0.141. The highest BCUT2D eigenvalue weighted by Gasteiger charge is 2.26. The van der Waals surface area contributed by atoms with E-state index in [0.717, 1.165) is 61.2 Å². The molecule has 0 spiro atoms. The summed E-state index contributed by atoms with van der Waals surface area (Å²) in [7, 11) is 2.75. The standard InChI is InChI=1S/C37H46N4O6/c1-11-24-20(5)36(44)40-28(24)15-26-22(7)34(18(3)13-32(42)46-9)30(38-26)17-31-35(19(4)14-33(43)47-10)23(8)27(39-31)16-29-25(12-2)21(6)37(45)41-29/h15-19,38-39H,11-14H2,1-10H3,(H,40,44)/b27-16-,28-15-,31-17-/t18-,19-/m0/s1. The molecular weight excluding hydrogens is 596 g/mol. The molecule has 2 amide bonds. The maximum atomic E-state index is 12.5. The molecule has 0 saturated heterocycles. The first-order valence-corrected chi connectivity index (χ1v) is 16.1. The Balaban J connectivity index is 1.99. The van der Waals surface area contributed by atoms with Crippen molar-refractivity contribution in [1.82, 2.24) is 15.3 Å². The van der Waals surface area contributed by atoms with Crippen LogP contribution in [-0.2, 0) is 28.7 Å². The second-order valence-electron chi connectivity index (χ2n) is 12.4. The second-order valence-corrected chi connectivity index (χ2v) is 12.4. The molecule has 0 unspecified atom stereocenters. The molecule has 0 bridgehead atoms. The van der Waals surface area contributed by atoms with Crippen LogP contribution < -0.4 is 16.0 Å². The van der Waals surface area contributed by atoms with Gasteiger partial charge in [0.1, 0.15) is 0 Å². The minimum absolute atomic E-state index is 0.108. The lowest BCUT2D eigenvalue weighted by atomic mass is 9.92. The van der Waals surface area contributed by atoms with Crippen molar-refractivity contribution >= 4 is 47.7 Å². The molecule has 0 fully saturated rings. The van der Waals surface area contributed by atoms with Gasteiger partial charge in [-0.05, 0) is 104 Å². The molecule has 0 radical (unpaired) electrons. The number of rotatable bonds is 11. The van der Waals surface area contributed by atoms with E-state index < -0.39 is 0 Å². The van der Waals surface area contributed by atoms with Crippen molar-refractivity contribution in [3.05, 3.63) is 72.3 Å². The minimum atomic E-state index is -0.321. The van der Waals surface area contributed by atoms with Crippen molar-refractivity contribution in [2.45, 2.75) is 92.9 Å². The fourth-order valence-electron chi connectivity index (χ4n) is 6.75. The summed E-state index contributed by atoms with van der Waals surface area (Å²) in [6, 6.07) is 0. The van der Waals surface area contributed by atoms with Gasteiger partial charge in [-0.2, -0.15) is 0 Å². The molecule has 10 nitrogen and oxygen atoms in total. The van der Waals surface area contributed by atoms with Gasteiger partial charge in [0.25, 0.3) is 11.8 Å². The summed E-state index contributed by atoms with van der Waals surface area (Å²) in [6.07, 6.45) is 7.58. The third-order valence-corrected chi connectivity index (χ3v) is 9.36. The molecule has 0 aromatic carbocycles. The zero-order valence-corrected chi connectivity index (χ0v) is 29.1. The van der Waals surface area contributed by atoms with E-state index in [1.165, 1.54) is 14.2 Å². The van der Waals surface area contributed by atoms with Gasteiger partial charge in [-0.1, -0.05) is 27.7 Å². The smallest absolute Gasteiger partial charge is 0.306 e. The van der Waals surface area contributed by atoms with Gasteiger partial charge in [-0.25, -0.2) is 4.99 Å². The van der Waals surface area contributed by atoms with E-state index in [1.54, 1.807) is 6.92 Å². The average Bonchev–Trinajstić information content (AvgIpc) is 3.68. The molecule has 3 N–H and O–H groups in total. The molecular formula is C37H46N4O6. The number of aromatic nitrogens is 2. The number of H-pyrrole nitrogens is 2. The van der Waals surface area contributed by atoms with Crippen LogP contribution in [0.1, 0.15) is 113 Å². The van der Waals surface area contributed by atoms with Crippen LogP contribution in [0.3, 0.4) is 0 Å². The van der Waals surface area contributed by atoms with Gasteiger partial charge >= 0.3 is 11.9 Å². The van der Waals surface area contributed by atoms with Crippen LogP contribution in [0.25, 0.3) is 18.2 Å². The third kappa shape index (κ3) is 7.01. The van der Waals surface area contributed by atoms with Crippen LogP contribution >= 0.6 is 0 Å². The van der Waals surface area contributed by atoms with E-state index in [-0.39, 0.29) is 48.4 Å². The molecule has 0 saturated carbocycles. The normalized spacial score (nSPS) is 18.0. The summed E-state index contributed by atoms with van der Waals surface area (Å²) in [5, 5.41) is 4.55. The molecule has 2 aromatic heterocycles. The highest BCUT2D eigenvalue weighted by atomic mass is 16.5. The summed E-state index contributed by atoms with van der Waals surface area (Å²) in [4.78, 5) is 61.1. The lowest BCUT2D eigenvalue weighted by Crippen LogP contribution is -2.17. The molecule has 4 rings (SSSR count). The van der Waals surface area contributed by atoms with Crippen molar-refractivity contribution in [3.8, 4) is 0 Å². The fraction of sp³-hybridized carbons (Fsp3) is 0.432. The van der Waals surface area contributed by atoms with Crippen LogP contribution in [0.15, 0.2) is 33.0 Å². The molecule has 10 heteroatoms. The van der Waals surface area contributed by atoms with Gasteiger partial charge in [0.2, 0.25) is 0 Å². The SMILES string of the molecule is CCC1=C(C)C(=O)N=C1/C=c1\[nH]/c(=C\c2[nH]c(/C=C3\NC(=O)C(C)=C3CC)c(C)c2[C@@H](C)CC(=O)OC)c([C@@H](C)CC(=O)OC)c1C. The molecule has 2 atom stereocenters. The molecule has 2 aliphatic heterocycles. The number of carbonyl (C=O) groups excluding carboxylic acids is 4. The van der Waals surface area contributed by atoms with Crippen molar-refractivity contribution in [2.75, 3.05) is 14.2 Å². The fourth-order valence-corrected chi connectivity index (χ4v) is 6.75. The number of amides is 2. The monoisotopic (exact) mass is 642 g/mol. The van der Waals surface area contributed by atoms with E-state index >= 15 is 0 Å². The number of nitrogens with zero attached hydrogens (tertiary/aromatic N) is 1. The predicted molar refractivity (Wildman–Crippen MR) is 183 cm³/mol. The number of hydrogen-bond donors (Lipinski definition) is 3. The lowest BCUT2D eigenvalue weighted by Gasteiger charge is -2.13. The minimum Gasteiger partial charge on any atom is -0.469 e. The highest BCUT2D eigenvalue weighted by Crippen LogP contribution is 2.33. The summed E-state index contributed by atoms with van der Waals surface area (Å²) < 4.78 is 10.0. The zero-order chi connectivity index (χ0) is 34.7. The van der Waals surface area contributed by atoms with Gasteiger partial charge in [0.15, 0.2) is 0 Å². The number of esters is 2. The number of hydrogen-bond acceptors (Lipinski definition) is 6. The molecule has 4 heterocycles. The van der Waals surface area contributed by atoms with Gasteiger partial charge in [0, 0.05) is 38.9 Å². The Morgan fingerprint density at radius 3 is 1.91 bits per heavy atom. The van der Waals surface area contributed by atoms with E-state index in [0.29, 0.717) is 29.7 Å². The first-order chi connectivity index (χ1) is 22.3. The van der Waals surface area contributed by atoms with E-state index in [4.69, 9.17) is 9.47 Å². The van der Waals surface area contributed by atoms with E-state index in [2.05, 4.69) is 20.3 Å². The Morgan fingerprint density at radius 1 is 0.745 bits per heavy atom. The Morgan fingerprint density at radius 2 is 1.34 bits per heavy atom. The molecule has 0 aliphatic carbocycles. The van der Waals surface area contributed by atoms with Gasteiger partial charge in [0.05, 0.1) is 32.8 Å². The summed E-state index contributed by atoms with van der Waals surface area (Å²) in [5.41, 5.74) is 9.93. The largest absolute Gasteiger partial charge is 0.469 e. The number of aliphatic imine (C=N–C) groups is 1. The van der Waals surface area contributed by atoms with Crippen LogP contribution in [0.2, 0.25) is 0 Å². The molecule has 250 valence electrons. The summed E-state index contributed by atoms with van der Waals surface area (Å²) in [5.74, 6) is -1.38. The van der Waals surface area contributed by atoms with Gasteiger partial charge in [-0.15, -0.1) is 0 Å². The van der Waals surface area contributed by atoms with Crippen molar-refractivity contribution in [3.63, 3.8) is 0 Å². The molecule has 47 heavy (non-hydrogen) atoms. The Hall–Kier alpha value is -4.73. The van der Waals surface area contributed by atoms with Crippen LogP contribution in [0.4, 0.5) is 0 Å². The highest BCUT2D eigenvalue weighted by molar-refractivity contribution is 6.30. The maximum absolute atomic E-state index is 12.5. The summed E-state index contributed by atoms with van der Waals surface area (Å²) in [6.45, 7) is 15.6. The van der Waals surface area contributed by atoms with Gasteiger partial charge in [-0.3, -0.25) is 19.2 Å².